The van der Waals surface area contributed by atoms with Crippen molar-refractivity contribution >= 4 is 68.3 Å². The van der Waals surface area contributed by atoms with Crippen molar-refractivity contribution in [3.63, 3.8) is 0 Å². The van der Waals surface area contributed by atoms with E-state index in [1.807, 2.05) is 12.3 Å². The maximum absolute atomic E-state index is 12.7. The van der Waals surface area contributed by atoms with E-state index < -0.39 is 0 Å². The van der Waals surface area contributed by atoms with E-state index in [2.05, 4.69) is 9.97 Å². The van der Waals surface area contributed by atoms with Gasteiger partial charge in [0.05, 0.1) is 22.5 Å². The van der Waals surface area contributed by atoms with Crippen LogP contribution < -0.4 is 9.80 Å². The fraction of sp³-hybridized carbons (Fsp3) is 0.188. The fourth-order valence-corrected chi connectivity index (χ4v) is 4.44. The van der Waals surface area contributed by atoms with Gasteiger partial charge in [-0.15, -0.1) is 11.3 Å². The van der Waals surface area contributed by atoms with E-state index in [9.17, 15) is 9.59 Å². The van der Waals surface area contributed by atoms with Gasteiger partial charge in [0, 0.05) is 25.0 Å². The molecule has 0 aromatic carbocycles. The summed E-state index contributed by atoms with van der Waals surface area (Å²) in [5.74, 6) is -0.261. The predicted octanol–water partition coefficient (Wildman–Crippen LogP) is 3.32. The summed E-state index contributed by atoms with van der Waals surface area (Å²) in [5, 5.41) is 2.43. The number of thiocarbonyl (C=S) groups is 1. The minimum absolute atomic E-state index is 0.0636. The molecule has 128 valence electrons. The highest BCUT2D eigenvalue weighted by Crippen LogP contribution is 2.36. The molecule has 1 aliphatic rings. The molecule has 9 heteroatoms. The molecule has 1 aliphatic heterocycles. The van der Waals surface area contributed by atoms with Crippen molar-refractivity contribution in [2.45, 2.75) is 13.8 Å². The zero-order chi connectivity index (χ0) is 18.0. The van der Waals surface area contributed by atoms with Crippen LogP contribution in [-0.2, 0) is 9.59 Å². The summed E-state index contributed by atoms with van der Waals surface area (Å²) < 4.78 is 0.457. The Balaban J connectivity index is 1.86. The summed E-state index contributed by atoms with van der Waals surface area (Å²) in [6, 6.07) is 3.54. The second-order valence-electron chi connectivity index (χ2n) is 5.05. The number of amides is 2. The molecule has 2 aromatic heterocycles. The van der Waals surface area contributed by atoms with Crippen molar-refractivity contribution in [3.8, 4) is 0 Å². The maximum Gasteiger partial charge on any atom is 0.270 e. The highest BCUT2D eigenvalue weighted by Gasteiger charge is 2.33. The number of thiazole rings is 1. The third-order valence-corrected chi connectivity index (χ3v) is 5.60. The van der Waals surface area contributed by atoms with Gasteiger partial charge in [-0.1, -0.05) is 24.0 Å². The van der Waals surface area contributed by atoms with E-state index in [-0.39, 0.29) is 11.8 Å². The lowest BCUT2D eigenvalue weighted by Crippen LogP contribution is -2.27. The molecular formula is C16H14N4O2S3. The Labute approximate surface area is 158 Å². The van der Waals surface area contributed by atoms with Crippen LogP contribution in [0.5, 0.6) is 0 Å². The van der Waals surface area contributed by atoms with Gasteiger partial charge in [0.25, 0.3) is 5.91 Å². The van der Waals surface area contributed by atoms with Gasteiger partial charge in [0.1, 0.15) is 0 Å². The van der Waals surface area contributed by atoms with Gasteiger partial charge in [0.2, 0.25) is 5.91 Å². The number of carbonyl (C=O) groups excluding carboxylic acids is 2. The number of nitrogens with zero attached hydrogens (tertiary/aromatic N) is 4. The van der Waals surface area contributed by atoms with Crippen molar-refractivity contribution in [1.82, 2.24) is 9.97 Å². The van der Waals surface area contributed by atoms with Gasteiger partial charge < -0.3 is 0 Å². The molecule has 0 spiro atoms. The Kier molecular flexibility index (Phi) is 5.26. The topological polar surface area (TPSA) is 66.4 Å². The second kappa shape index (κ2) is 7.42. The van der Waals surface area contributed by atoms with Crippen molar-refractivity contribution in [1.29, 1.82) is 0 Å². The van der Waals surface area contributed by atoms with Crippen LogP contribution in [0.25, 0.3) is 6.08 Å². The molecule has 1 saturated heterocycles. The van der Waals surface area contributed by atoms with Crippen LogP contribution in [0.1, 0.15) is 19.5 Å². The molecule has 0 saturated carbocycles. The van der Waals surface area contributed by atoms with Gasteiger partial charge >= 0.3 is 0 Å². The Morgan fingerprint density at radius 3 is 2.92 bits per heavy atom. The molecule has 0 atom stereocenters. The molecule has 2 aromatic rings. The number of carbonyl (C=O) groups is 2. The molecule has 2 amide bonds. The van der Waals surface area contributed by atoms with E-state index in [1.165, 1.54) is 34.9 Å². The number of hydrogen-bond donors (Lipinski definition) is 0. The maximum atomic E-state index is 12.7. The molecular weight excluding hydrogens is 376 g/mol. The SMILES string of the molecule is CCN(C(C)=O)c1nc(/C=C2\SC(=S)N(c3cccnc3)C2=O)cs1. The number of pyridine rings is 1. The summed E-state index contributed by atoms with van der Waals surface area (Å²) in [7, 11) is 0. The minimum Gasteiger partial charge on any atom is -0.289 e. The van der Waals surface area contributed by atoms with Crippen LogP contribution in [0.15, 0.2) is 34.8 Å². The molecule has 0 N–H and O–H groups in total. The van der Waals surface area contributed by atoms with Crippen LogP contribution in [0.4, 0.5) is 10.8 Å². The van der Waals surface area contributed by atoms with Crippen LogP contribution in [0, 0.1) is 0 Å². The molecule has 0 radical (unpaired) electrons. The van der Waals surface area contributed by atoms with Crippen molar-refractivity contribution in [3.05, 3.63) is 40.5 Å². The highest BCUT2D eigenvalue weighted by molar-refractivity contribution is 8.27. The van der Waals surface area contributed by atoms with Crippen molar-refractivity contribution < 1.29 is 9.59 Å². The quantitative estimate of drug-likeness (QED) is 0.589. The lowest BCUT2D eigenvalue weighted by Gasteiger charge is -2.14. The summed E-state index contributed by atoms with van der Waals surface area (Å²) in [6.07, 6.45) is 4.94. The Bertz CT molecular complexity index is 863. The van der Waals surface area contributed by atoms with Crippen molar-refractivity contribution in [2.24, 2.45) is 0 Å². The van der Waals surface area contributed by atoms with Crippen LogP contribution >= 0.6 is 35.3 Å². The number of hydrogen-bond acceptors (Lipinski definition) is 7. The summed E-state index contributed by atoms with van der Waals surface area (Å²) in [4.78, 5) is 36.3. The average Bonchev–Trinajstić information content (AvgIpc) is 3.14. The number of thioether (sulfide) groups is 1. The standard InChI is InChI=1S/C16H14N4O2S3/c1-3-19(10(2)21)15-18-11(9-24-15)7-13-14(22)20(16(23)25-13)12-5-4-6-17-8-12/h4-9H,3H2,1-2H3/b13-7-. The van der Waals surface area contributed by atoms with Crippen LogP contribution in [0.2, 0.25) is 0 Å². The highest BCUT2D eigenvalue weighted by atomic mass is 32.2. The van der Waals surface area contributed by atoms with Gasteiger partial charge in [0.15, 0.2) is 9.45 Å². The zero-order valence-corrected chi connectivity index (χ0v) is 16.0. The lowest BCUT2D eigenvalue weighted by atomic mass is 10.3. The summed E-state index contributed by atoms with van der Waals surface area (Å²) in [5.41, 5.74) is 1.27. The lowest BCUT2D eigenvalue weighted by molar-refractivity contribution is -0.116. The smallest absolute Gasteiger partial charge is 0.270 e. The Morgan fingerprint density at radius 1 is 1.48 bits per heavy atom. The normalized spacial score (nSPS) is 15.9. The first kappa shape index (κ1) is 17.7. The molecule has 25 heavy (non-hydrogen) atoms. The molecule has 3 rings (SSSR count). The third kappa shape index (κ3) is 3.63. The fourth-order valence-electron chi connectivity index (χ4n) is 2.27. The first-order valence-electron chi connectivity index (χ1n) is 7.43. The van der Waals surface area contributed by atoms with Crippen LogP contribution in [-0.4, -0.2) is 32.6 Å². The number of rotatable bonds is 4. The van der Waals surface area contributed by atoms with E-state index in [0.717, 1.165) is 0 Å². The number of aromatic nitrogens is 2. The predicted molar refractivity (Wildman–Crippen MR) is 106 cm³/mol. The van der Waals surface area contributed by atoms with E-state index in [4.69, 9.17) is 12.2 Å². The second-order valence-corrected chi connectivity index (χ2v) is 7.56. The molecule has 6 nitrogen and oxygen atoms in total. The molecule has 0 aliphatic carbocycles. The summed E-state index contributed by atoms with van der Waals surface area (Å²) in [6.45, 7) is 3.94. The van der Waals surface area contributed by atoms with E-state index >= 15 is 0 Å². The first-order chi connectivity index (χ1) is 12.0. The van der Waals surface area contributed by atoms with Crippen LogP contribution in [0.3, 0.4) is 0 Å². The Hall–Kier alpha value is -2.10. The largest absolute Gasteiger partial charge is 0.289 e. The van der Waals surface area contributed by atoms with E-state index in [1.54, 1.807) is 35.5 Å². The monoisotopic (exact) mass is 390 g/mol. The molecule has 1 fully saturated rings. The van der Waals surface area contributed by atoms with Gasteiger partial charge in [-0.25, -0.2) is 4.98 Å². The summed E-state index contributed by atoms with van der Waals surface area (Å²) >= 11 is 7.91. The molecule has 0 bridgehead atoms. The average molecular weight is 391 g/mol. The molecule has 0 unspecified atom stereocenters. The zero-order valence-electron chi connectivity index (χ0n) is 13.5. The van der Waals surface area contributed by atoms with Crippen molar-refractivity contribution in [2.75, 3.05) is 16.3 Å². The van der Waals surface area contributed by atoms with Gasteiger partial charge in [-0.2, -0.15) is 0 Å². The van der Waals surface area contributed by atoms with Gasteiger partial charge in [-0.05, 0) is 25.1 Å². The van der Waals surface area contributed by atoms with Gasteiger partial charge in [-0.3, -0.25) is 24.4 Å². The van der Waals surface area contributed by atoms with E-state index in [0.29, 0.717) is 32.3 Å². The minimum atomic E-state index is -0.198. The Morgan fingerprint density at radius 2 is 2.28 bits per heavy atom. The third-order valence-electron chi connectivity index (χ3n) is 3.41. The molecule has 3 heterocycles. The first-order valence-corrected chi connectivity index (χ1v) is 9.53. The number of anilines is 2.